The molecular weight excluding hydrogens is 403 g/mol. The first-order valence-corrected chi connectivity index (χ1v) is 9.38. The van der Waals surface area contributed by atoms with Gasteiger partial charge in [0.15, 0.2) is 6.61 Å². The van der Waals surface area contributed by atoms with Crippen molar-refractivity contribution in [3.8, 4) is 0 Å². The van der Waals surface area contributed by atoms with E-state index in [9.17, 15) is 14.4 Å². The van der Waals surface area contributed by atoms with Gasteiger partial charge in [0.1, 0.15) is 0 Å². The van der Waals surface area contributed by atoms with Gasteiger partial charge in [-0.05, 0) is 36.8 Å². The first-order valence-electron chi connectivity index (χ1n) is 8.62. The molecule has 1 atom stereocenters. The van der Waals surface area contributed by atoms with Crippen LogP contribution in [0.5, 0.6) is 0 Å². The van der Waals surface area contributed by atoms with Crippen LogP contribution < -0.4 is 10.2 Å². The summed E-state index contributed by atoms with van der Waals surface area (Å²) in [6.45, 7) is 1.69. The van der Waals surface area contributed by atoms with Gasteiger partial charge in [-0.2, -0.15) is 0 Å². The molecule has 1 aliphatic heterocycles. The summed E-state index contributed by atoms with van der Waals surface area (Å²) in [5, 5.41) is 3.24. The van der Waals surface area contributed by atoms with Crippen molar-refractivity contribution >= 4 is 52.4 Å². The lowest BCUT2D eigenvalue weighted by Crippen LogP contribution is -2.28. The maximum absolute atomic E-state index is 12.3. The van der Waals surface area contributed by atoms with E-state index in [4.69, 9.17) is 27.9 Å². The van der Waals surface area contributed by atoms with Gasteiger partial charge in [-0.15, -0.1) is 0 Å². The number of aryl methyl sites for hydroxylation is 1. The number of carbonyl (C=O) groups is 3. The molecule has 1 N–H and O–H groups in total. The summed E-state index contributed by atoms with van der Waals surface area (Å²) in [5.74, 6) is -1.83. The number of hydrogen-bond acceptors (Lipinski definition) is 4. The molecule has 2 aromatic rings. The molecule has 0 aliphatic carbocycles. The molecule has 2 amide bonds. The third-order valence-electron chi connectivity index (χ3n) is 4.41. The summed E-state index contributed by atoms with van der Waals surface area (Å²) in [6.07, 6.45) is 0.0571. The summed E-state index contributed by atoms with van der Waals surface area (Å²) < 4.78 is 5.09. The molecule has 1 aliphatic rings. The van der Waals surface area contributed by atoms with Crippen LogP contribution in [0, 0.1) is 12.8 Å². The van der Waals surface area contributed by atoms with Crippen LogP contribution >= 0.6 is 23.2 Å². The predicted octanol–water partition coefficient (Wildman–Crippen LogP) is 3.84. The molecule has 0 radical (unpaired) electrons. The van der Waals surface area contributed by atoms with Crippen molar-refractivity contribution in [2.24, 2.45) is 5.92 Å². The minimum atomic E-state index is -0.607. The van der Waals surface area contributed by atoms with E-state index >= 15 is 0 Å². The molecule has 0 saturated carbocycles. The highest BCUT2D eigenvalue weighted by atomic mass is 35.5. The van der Waals surface area contributed by atoms with Gasteiger partial charge in [-0.1, -0.05) is 41.4 Å². The van der Waals surface area contributed by atoms with Gasteiger partial charge in [0.2, 0.25) is 5.91 Å². The Morgan fingerprint density at radius 2 is 1.93 bits per heavy atom. The standard InChI is InChI=1S/C20H18Cl2N2O4/c1-12-4-2-3-5-17(12)24-10-13(8-19(24)26)20(27)28-11-18(25)23-14-6-7-15(21)16(22)9-14/h2-7,9,13H,8,10-11H2,1H3,(H,23,25)/t13-/m0/s1. The van der Waals surface area contributed by atoms with Crippen molar-refractivity contribution in [2.45, 2.75) is 13.3 Å². The van der Waals surface area contributed by atoms with E-state index < -0.39 is 24.4 Å². The molecule has 8 heteroatoms. The lowest BCUT2D eigenvalue weighted by molar-refractivity contribution is -0.151. The number of halogens is 2. The molecular formula is C20H18Cl2N2O4. The highest BCUT2D eigenvalue weighted by Crippen LogP contribution is 2.28. The summed E-state index contributed by atoms with van der Waals surface area (Å²) in [6, 6.07) is 12.1. The number of amides is 2. The first kappa shape index (κ1) is 20.2. The maximum atomic E-state index is 12.3. The Morgan fingerprint density at radius 3 is 2.64 bits per heavy atom. The lowest BCUT2D eigenvalue weighted by Gasteiger charge is -2.18. The van der Waals surface area contributed by atoms with Crippen molar-refractivity contribution in [1.82, 2.24) is 0 Å². The maximum Gasteiger partial charge on any atom is 0.311 e. The third kappa shape index (κ3) is 4.64. The smallest absolute Gasteiger partial charge is 0.311 e. The normalized spacial score (nSPS) is 16.2. The van der Waals surface area contributed by atoms with Gasteiger partial charge in [-0.3, -0.25) is 14.4 Å². The van der Waals surface area contributed by atoms with Crippen molar-refractivity contribution < 1.29 is 19.1 Å². The van der Waals surface area contributed by atoms with Crippen LogP contribution in [0.2, 0.25) is 10.0 Å². The van der Waals surface area contributed by atoms with Crippen molar-refractivity contribution in [3.05, 3.63) is 58.1 Å². The molecule has 6 nitrogen and oxygen atoms in total. The number of nitrogens with zero attached hydrogens (tertiary/aromatic N) is 1. The van der Waals surface area contributed by atoms with E-state index in [1.807, 2.05) is 31.2 Å². The first-order chi connectivity index (χ1) is 13.3. The van der Waals surface area contributed by atoms with Crippen LogP contribution in [0.25, 0.3) is 0 Å². The molecule has 1 heterocycles. The van der Waals surface area contributed by atoms with E-state index in [-0.39, 0.29) is 18.9 Å². The van der Waals surface area contributed by atoms with Gasteiger partial charge in [0.25, 0.3) is 5.91 Å². The zero-order valence-corrected chi connectivity index (χ0v) is 16.6. The monoisotopic (exact) mass is 420 g/mol. The number of rotatable bonds is 5. The zero-order chi connectivity index (χ0) is 20.3. The largest absolute Gasteiger partial charge is 0.455 e. The van der Waals surface area contributed by atoms with Crippen LogP contribution in [-0.2, 0) is 19.1 Å². The minimum absolute atomic E-state index is 0.0571. The Kier molecular flexibility index (Phi) is 6.21. The van der Waals surface area contributed by atoms with Crippen molar-refractivity contribution in [2.75, 3.05) is 23.4 Å². The number of anilines is 2. The van der Waals surface area contributed by atoms with E-state index in [1.165, 1.54) is 6.07 Å². The molecule has 28 heavy (non-hydrogen) atoms. The zero-order valence-electron chi connectivity index (χ0n) is 15.1. The molecule has 1 saturated heterocycles. The molecule has 0 aromatic heterocycles. The Hall–Kier alpha value is -2.57. The number of para-hydroxylation sites is 1. The van der Waals surface area contributed by atoms with Gasteiger partial charge >= 0.3 is 5.97 Å². The molecule has 3 rings (SSSR count). The molecule has 1 fully saturated rings. The number of hydrogen-bond donors (Lipinski definition) is 1. The summed E-state index contributed by atoms with van der Waals surface area (Å²) >= 11 is 11.7. The number of esters is 1. The molecule has 2 aromatic carbocycles. The second-order valence-corrected chi connectivity index (χ2v) is 7.29. The highest BCUT2D eigenvalue weighted by Gasteiger charge is 2.36. The number of carbonyl (C=O) groups excluding carboxylic acids is 3. The SMILES string of the molecule is Cc1ccccc1N1C[C@@H](C(=O)OCC(=O)Nc2ccc(Cl)c(Cl)c2)CC1=O. The van der Waals surface area contributed by atoms with Crippen molar-refractivity contribution in [1.29, 1.82) is 0 Å². The van der Waals surface area contributed by atoms with Gasteiger partial charge in [0.05, 0.1) is 16.0 Å². The van der Waals surface area contributed by atoms with Crippen LogP contribution in [0.3, 0.4) is 0 Å². The fourth-order valence-corrected chi connectivity index (χ4v) is 3.29. The lowest BCUT2D eigenvalue weighted by atomic mass is 10.1. The Labute approximate surface area is 172 Å². The van der Waals surface area contributed by atoms with Crippen LogP contribution in [0.1, 0.15) is 12.0 Å². The Balaban J connectivity index is 1.54. The molecule has 0 unspecified atom stereocenters. The van der Waals surface area contributed by atoms with Gasteiger partial charge in [-0.25, -0.2) is 0 Å². The topological polar surface area (TPSA) is 75.7 Å². The van der Waals surface area contributed by atoms with E-state index in [0.29, 0.717) is 15.7 Å². The van der Waals surface area contributed by atoms with E-state index in [2.05, 4.69) is 5.32 Å². The molecule has 146 valence electrons. The summed E-state index contributed by atoms with van der Waals surface area (Å²) in [7, 11) is 0. The number of ether oxygens (including phenoxy) is 1. The number of benzene rings is 2. The van der Waals surface area contributed by atoms with Crippen LogP contribution in [0.4, 0.5) is 11.4 Å². The minimum Gasteiger partial charge on any atom is -0.455 e. The quantitative estimate of drug-likeness (QED) is 0.745. The average Bonchev–Trinajstić information content (AvgIpc) is 3.05. The fourth-order valence-electron chi connectivity index (χ4n) is 2.99. The number of nitrogens with one attached hydrogen (secondary N) is 1. The molecule has 0 bridgehead atoms. The van der Waals surface area contributed by atoms with Gasteiger partial charge < -0.3 is 15.0 Å². The van der Waals surface area contributed by atoms with Gasteiger partial charge in [0, 0.05) is 24.3 Å². The Morgan fingerprint density at radius 1 is 1.18 bits per heavy atom. The van der Waals surface area contributed by atoms with E-state index in [0.717, 1.165) is 11.3 Å². The molecule has 0 spiro atoms. The average molecular weight is 421 g/mol. The fraction of sp³-hybridized carbons (Fsp3) is 0.250. The second-order valence-electron chi connectivity index (χ2n) is 6.48. The van der Waals surface area contributed by atoms with Crippen LogP contribution in [0.15, 0.2) is 42.5 Å². The van der Waals surface area contributed by atoms with E-state index in [1.54, 1.807) is 17.0 Å². The van der Waals surface area contributed by atoms with Crippen molar-refractivity contribution in [3.63, 3.8) is 0 Å². The van der Waals surface area contributed by atoms with Crippen LogP contribution in [-0.4, -0.2) is 30.9 Å². The Bertz CT molecular complexity index is 932. The second kappa shape index (κ2) is 8.63. The summed E-state index contributed by atoms with van der Waals surface area (Å²) in [5.41, 5.74) is 2.17. The predicted molar refractivity (Wildman–Crippen MR) is 108 cm³/mol. The highest BCUT2D eigenvalue weighted by molar-refractivity contribution is 6.42. The summed E-state index contributed by atoms with van der Waals surface area (Å²) in [4.78, 5) is 38.1. The third-order valence-corrected chi connectivity index (χ3v) is 5.15.